The van der Waals surface area contributed by atoms with Gasteiger partial charge in [-0.1, -0.05) is 4.49 Å². The third kappa shape index (κ3) is 2.92. The average molecular weight is 255 g/mol. The molecule has 1 amide bonds. The number of rotatable bonds is 3. The number of piperidine rings is 1. The van der Waals surface area contributed by atoms with E-state index >= 15 is 0 Å². The molecule has 0 atom stereocenters. The normalized spacial score (nSPS) is 18.2. The lowest BCUT2D eigenvalue weighted by Gasteiger charge is -2.30. The summed E-state index contributed by atoms with van der Waals surface area (Å²) in [4.78, 5) is 13.7. The Morgan fingerprint density at radius 2 is 2.29 bits per heavy atom. The van der Waals surface area contributed by atoms with Crippen molar-refractivity contribution in [2.24, 2.45) is 5.92 Å². The molecule has 0 saturated carbocycles. The fraction of sp³-hybridized carbons (Fsp3) is 0.700. The zero-order chi connectivity index (χ0) is 12.3. The van der Waals surface area contributed by atoms with E-state index in [4.69, 9.17) is 5.73 Å². The van der Waals surface area contributed by atoms with Crippen LogP contribution in [0.25, 0.3) is 0 Å². The van der Waals surface area contributed by atoms with E-state index in [2.05, 4.69) is 19.8 Å². The van der Waals surface area contributed by atoms with Crippen LogP contribution in [0.2, 0.25) is 0 Å². The van der Waals surface area contributed by atoms with Gasteiger partial charge >= 0.3 is 0 Å². The van der Waals surface area contributed by atoms with Crippen molar-refractivity contribution in [2.45, 2.75) is 19.4 Å². The standard InChI is InChI=1S/C10H17N5OS/c1-12-10(16)7-2-4-15(5-3-7)6-8-9(11)17-14-13-8/h7H,2-6,11H2,1H3,(H,12,16). The Morgan fingerprint density at radius 3 is 2.82 bits per heavy atom. The number of nitrogens with two attached hydrogens (primary N) is 1. The Kier molecular flexibility index (Phi) is 3.90. The lowest BCUT2D eigenvalue weighted by molar-refractivity contribution is -0.125. The van der Waals surface area contributed by atoms with Crippen LogP contribution in [0.15, 0.2) is 0 Å². The highest BCUT2D eigenvalue weighted by Crippen LogP contribution is 2.21. The molecular weight excluding hydrogens is 238 g/mol. The summed E-state index contributed by atoms with van der Waals surface area (Å²) < 4.78 is 3.82. The van der Waals surface area contributed by atoms with Gasteiger partial charge in [-0.25, -0.2) is 0 Å². The van der Waals surface area contributed by atoms with Gasteiger partial charge in [-0.05, 0) is 25.9 Å². The van der Waals surface area contributed by atoms with Gasteiger partial charge in [0.15, 0.2) is 0 Å². The topological polar surface area (TPSA) is 84.1 Å². The SMILES string of the molecule is CNC(=O)C1CCN(Cc2nnsc2N)CC1. The Labute approximate surface area is 104 Å². The molecule has 94 valence electrons. The van der Waals surface area contributed by atoms with E-state index in [1.165, 1.54) is 11.5 Å². The summed E-state index contributed by atoms with van der Waals surface area (Å²) in [6.07, 6.45) is 1.80. The summed E-state index contributed by atoms with van der Waals surface area (Å²) in [7, 11) is 1.69. The molecule has 1 fully saturated rings. The van der Waals surface area contributed by atoms with Crippen molar-refractivity contribution in [1.82, 2.24) is 19.8 Å². The van der Waals surface area contributed by atoms with Gasteiger partial charge in [0.1, 0.15) is 10.7 Å². The van der Waals surface area contributed by atoms with Crippen LogP contribution in [0.4, 0.5) is 5.00 Å². The number of anilines is 1. The molecule has 0 aliphatic carbocycles. The molecule has 2 rings (SSSR count). The van der Waals surface area contributed by atoms with Crippen LogP contribution >= 0.6 is 11.5 Å². The molecule has 6 nitrogen and oxygen atoms in total. The zero-order valence-electron chi connectivity index (χ0n) is 9.85. The Bertz CT molecular complexity index is 386. The number of hydrogen-bond acceptors (Lipinski definition) is 6. The molecule has 0 aromatic carbocycles. The first-order chi connectivity index (χ1) is 8.20. The van der Waals surface area contributed by atoms with E-state index < -0.39 is 0 Å². The Hall–Kier alpha value is -1.21. The molecule has 0 spiro atoms. The smallest absolute Gasteiger partial charge is 0.222 e. The number of nitrogen functional groups attached to an aromatic ring is 1. The third-order valence-electron chi connectivity index (χ3n) is 3.16. The van der Waals surface area contributed by atoms with Crippen molar-refractivity contribution in [2.75, 3.05) is 25.9 Å². The number of hydrogen-bond donors (Lipinski definition) is 2. The van der Waals surface area contributed by atoms with Crippen LogP contribution in [0.5, 0.6) is 0 Å². The van der Waals surface area contributed by atoms with Gasteiger partial charge in [-0.15, -0.1) is 5.10 Å². The van der Waals surface area contributed by atoms with Crippen molar-refractivity contribution < 1.29 is 4.79 Å². The summed E-state index contributed by atoms with van der Waals surface area (Å²) in [5.41, 5.74) is 6.61. The summed E-state index contributed by atoms with van der Waals surface area (Å²) in [6, 6.07) is 0. The number of likely N-dealkylation sites (tertiary alicyclic amines) is 1. The summed E-state index contributed by atoms with van der Waals surface area (Å²) >= 11 is 1.23. The fourth-order valence-corrected chi connectivity index (χ4v) is 2.53. The van der Waals surface area contributed by atoms with Gasteiger partial charge in [0.2, 0.25) is 5.91 Å². The quantitative estimate of drug-likeness (QED) is 0.799. The molecule has 1 aliphatic rings. The molecule has 1 aliphatic heterocycles. The summed E-state index contributed by atoms with van der Waals surface area (Å²) in [6.45, 7) is 2.56. The van der Waals surface area contributed by atoms with Crippen molar-refractivity contribution >= 4 is 22.4 Å². The lowest BCUT2D eigenvalue weighted by Crippen LogP contribution is -2.39. The number of nitrogens with zero attached hydrogens (tertiary/aromatic N) is 3. The average Bonchev–Trinajstić information content (AvgIpc) is 2.75. The lowest BCUT2D eigenvalue weighted by atomic mass is 9.96. The van der Waals surface area contributed by atoms with Gasteiger partial charge in [-0.2, -0.15) is 0 Å². The van der Waals surface area contributed by atoms with E-state index in [0.717, 1.165) is 38.2 Å². The molecule has 7 heteroatoms. The first-order valence-corrected chi connectivity index (χ1v) is 6.48. The molecule has 1 saturated heterocycles. The maximum absolute atomic E-state index is 11.5. The maximum atomic E-state index is 11.5. The minimum absolute atomic E-state index is 0.152. The summed E-state index contributed by atoms with van der Waals surface area (Å²) in [5, 5.41) is 7.40. The first kappa shape index (κ1) is 12.3. The molecule has 1 aromatic heterocycles. The van der Waals surface area contributed by atoms with Crippen LogP contribution in [0, 0.1) is 5.92 Å². The van der Waals surface area contributed by atoms with Gasteiger partial charge in [0, 0.05) is 31.0 Å². The number of aromatic nitrogens is 2. The van der Waals surface area contributed by atoms with Crippen LogP contribution in [0.3, 0.4) is 0 Å². The predicted molar refractivity (Wildman–Crippen MR) is 66.4 cm³/mol. The minimum atomic E-state index is 0.152. The molecule has 1 aromatic rings. The third-order valence-corrected chi connectivity index (χ3v) is 3.76. The number of nitrogens with one attached hydrogen (secondary N) is 1. The van der Waals surface area contributed by atoms with Crippen molar-refractivity contribution in [3.8, 4) is 0 Å². The van der Waals surface area contributed by atoms with E-state index in [9.17, 15) is 4.79 Å². The Morgan fingerprint density at radius 1 is 1.59 bits per heavy atom. The minimum Gasteiger partial charge on any atom is -0.388 e. The van der Waals surface area contributed by atoms with Crippen LogP contribution in [-0.2, 0) is 11.3 Å². The van der Waals surface area contributed by atoms with Crippen molar-refractivity contribution in [3.05, 3.63) is 5.69 Å². The van der Waals surface area contributed by atoms with Gasteiger partial charge in [0.05, 0.1) is 0 Å². The second kappa shape index (κ2) is 5.42. The van der Waals surface area contributed by atoms with Gasteiger partial charge < -0.3 is 11.1 Å². The van der Waals surface area contributed by atoms with E-state index in [-0.39, 0.29) is 11.8 Å². The highest BCUT2D eigenvalue weighted by molar-refractivity contribution is 7.09. The number of amides is 1. The van der Waals surface area contributed by atoms with Gasteiger partial charge in [-0.3, -0.25) is 9.69 Å². The molecule has 17 heavy (non-hydrogen) atoms. The largest absolute Gasteiger partial charge is 0.388 e. The second-order valence-electron chi connectivity index (χ2n) is 4.25. The fourth-order valence-electron chi connectivity index (χ4n) is 2.09. The molecule has 2 heterocycles. The van der Waals surface area contributed by atoms with Crippen molar-refractivity contribution in [1.29, 1.82) is 0 Å². The highest BCUT2D eigenvalue weighted by atomic mass is 32.1. The van der Waals surface area contributed by atoms with E-state index in [1.807, 2.05) is 0 Å². The maximum Gasteiger partial charge on any atom is 0.222 e. The van der Waals surface area contributed by atoms with Crippen LogP contribution in [-0.4, -0.2) is 40.5 Å². The molecule has 0 unspecified atom stereocenters. The van der Waals surface area contributed by atoms with Crippen LogP contribution in [0.1, 0.15) is 18.5 Å². The molecule has 0 bridgehead atoms. The highest BCUT2D eigenvalue weighted by Gasteiger charge is 2.24. The second-order valence-corrected chi connectivity index (χ2v) is 5.03. The van der Waals surface area contributed by atoms with Gasteiger partial charge in [0.25, 0.3) is 0 Å². The Balaban J connectivity index is 1.83. The predicted octanol–water partition coefficient (Wildman–Crippen LogP) is 0.0783. The molecule has 3 N–H and O–H groups in total. The zero-order valence-corrected chi connectivity index (χ0v) is 10.7. The van der Waals surface area contributed by atoms with E-state index in [1.54, 1.807) is 7.05 Å². The number of carbonyl (C=O) groups excluding carboxylic acids is 1. The monoisotopic (exact) mass is 255 g/mol. The first-order valence-electron chi connectivity index (χ1n) is 5.71. The summed E-state index contributed by atoms with van der Waals surface area (Å²) in [5.74, 6) is 0.307. The van der Waals surface area contributed by atoms with Crippen LogP contribution < -0.4 is 11.1 Å². The van der Waals surface area contributed by atoms with Crippen molar-refractivity contribution in [3.63, 3.8) is 0 Å². The molecule has 0 radical (unpaired) electrons. The number of carbonyl (C=O) groups is 1. The van der Waals surface area contributed by atoms with E-state index in [0.29, 0.717) is 5.00 Å². The molecular formula is C10H17N5OS.